The molecule has 1 rings (SSSR count). The maximum Gasteiger partial charge on any atom is 0.305 e. The fraction of sp³-hybridized carbons (Fsp3) is 0.417. The molecule has 0 saturated heterocycles. The summed E-state index contributed by atoms with van der Waals surface area (Å²) in [5.41, 5.74) is 0.0248. The molecule has 0 radical (unpaired) electrons. The first-order valence-electron chi connectivity index (χ1n) is 5.67. The zero-order valence-corrected chi connectivity index (χ0v) is 10.8. The molecule has 0 amide bonds. The third-order valence-electron chi connectivity index (χ3n) is 2.65. The number of nitro benzene ring substituents is 1. The Balaban J connectivity index is 2.73. The minimum absolute atomic E-state index is 0.232. The number of esters is 1. The third-order valence-corrected chi connectivity index (χ3v) is 2.65. The Hall–Kier alpha value is -2.18. The Morgan fingerprint density at radius 3 is 2.79 bits per heavy atom. The molecule has 1 aromatic carbocycles. The maximum atomic E-state index is 13.0. The van der Waals surface area contributed by atoms with Gasteiger partial charge in [-0.05, 0) is 18.6 Å². The first-order chi connectivity index (χ1) is 8.95. The first-order valence-corrected chi connectivity index (χ1v) is 5.67. The van der Waals surface area contributed by atoms with E-state index < -0.39 is 10.7 Å². The number of anilines is 1. The SMILES string of the molecule is COC(=O)CCCN(C)c1ccc(F)cc1[N+](=O)[O-]. The molecule has 0 bridgehead atoms. The second kappa shape index (κ2) is 6.67. The van der Waals surface area contributed by atoms with E-state index in [0.717, 1.165) is 6.07 Å². The van der Waals surface area contributed by atoms with Crippen LogP contribution in [0.4, 0.5) is 15.8 Å². The number of hydrogen-bond donors (Lipinski definition) is 0. The predicted molar refractivity (Wildman–Crippen MR) is 67.6 cm³/mol. The number of nitro groups is 1. The highest BCUT2D eigenvalue weighted by molar-refractivity contribution is 5.69. The highest BCUT2D eigenvalue weighted by Crippen LogP contribution is 2.28. The minimum atomic E-state index is -0.654. The Kier molecular flexibility index (Phi) is 5.23. The van der Waals surface area contributed by atoms with Crippen LogP contribution in [0.1, 0.15) is 12.8 Å². The normalized spacial score (nSPS) is 10.1. The predicted octanol–water partition coefficient (Wildman–Crippen LogP) is 2.12. The largest absolute Gasteiger partial charge is 0.469 e. The lowest BCUT2D eigenvalue weighted by atomic mass is 10.2. The molecule has 0 atom stereocenters. The molecule has 0 aliphatic rings. The van der Waals surface area contributed by atoms with Crippen molar-refractivity contribution >= 4 is 17.3 Å². The summed E-state index contributed by atoms with van der Waals surface area (Å²) >= 11 is 0. The van der Waals surface area contributed by atoms with Crippen molar-refractivity contribution < 1.29 is 18.8 Å². The summed E-state index contributed by atoms with van der Waals surface area (Å²) in [5, 5.41) is 10.8. The molecule has 104 valence electrons. The van der Waals surface area contributed by atoms with E-state index in [-0.39, 0.29) is 18.1 Å². The number of benzene rings is 1. The van der Waals surface area contributed by atoms with Crippen molar-refractivity contribution in [2.75, 3.05) is 25.6 Å². The quantitative estimate of drug-likeness (QED) is 0.450. The molecule has 7 heteroatoms. The van der Waals surface area contributed by atoms with Gasteiger partial charge in [-0.15, -0.1) is 0 Å². The van der Waals surface area contributed by atoms with E-state index >= 15 is 0 Å². The molecule has 0 aliphatic carbocycles. The number of carbonyl (C=O) groups is 1. The van der Waals surface area contributed by atoms with E-state index in [9.17, 15) is 19.3 Å². The second-order valence-corrected chi connectivity index (χ2v) is 3.99. The van der Waals surface area contributed by atoms with Crippen molar-refractivity contribution in [1.82, 2.24) is 0 Å². The van der Waals surface area contributed by atoms with Crippen molar-refractivity contribution in [2.24, 2.45) is 0 Å². The molecule has 1 aromatic rings. The monoisotopic (exact) mass is 270 g/mol. The van der Waals surface area contributed by atoms with Crippen LogP contribution >= 0.6 is 0 Å². The van der Waals surface area contributed by atoms with Gasteiger partial charge in [-0.3, -0.25) is 14.9 Å². The van der Waals surface area contributed by atoms with Gasteiger partial charge in [-0.25, -0.2) is 4.39 Å². The summed E-state index contributed by atoms with van der Waals surface area (Å²) in [5.74, 6) is -0.986. The molecular formula is C12H15FN2O4. The number of ether oxygens (including phenoxy) is 1. The topological polar surface area (TPSA) is 72.7 Å². The van der Waals surface area contributed by atoms with Crippen LogP contribution in [-0.4, -0.2) is 31.6 Å². The van der Waals surface area contributed by atoms with Gasteiger partial charge in [-0.1, -0.05) is 0 Å². The highest BCUT2D eigenvalue weighted by atomic mass is 19.1. The average Bonchev–Trinajstić information content (AvgIpc) is 2.38. The number of rotatable bonds is 6. The summed E-state index contributed by atoms with van der Waals surface area (Å²) in [6, 6.07) is 3.40. The van der Waals surface area contributed by atoms with Gasteiger partial charge in [0.2, 0.25) is 0 Å². The van der Waals surface area contributed by atoms with Crippen LogP contribution in [0.25, 0.3) is 0 Å². The van der Waals surface area contributed by atoms with Gasteiger partial charge in [0.25, 0.3) is 5.69 Å². The van der Waals surface area contributed by atoms with Gasteiger partial charge in [0, 0.05) is 20.0 Å². The summed E-state index contributed by atoms with van der Waals surface area (Å²) in [6.45, 7) is 0.432. The van der Waals surface area contributed by atoms with Crippen LogP contribution in [0.3, 0.4) is 0 Å². The van der Waals surface area contributed by atoms with Crippen molar-refractivity contribution in [3.8, 4) is 0 Å². The molecule has 0 aromatic heterocycles. The average molecular weight is 270 g/mol. The zero-order chi connectivity index (χ0) is 14.4. The first kappa shape index (κ1) is 14.9. The van der Waals surface area contributed by atoms with Crippen LogP contribution in [0.5, 0.6) is 0 Å². The Bertz CT molecular complexity index is 479. The van der Waals surface area contributed by atoms with Crippen molar-refractivity contribution in [2.45, 2.75) is 12.8 Å². The van der Waals surface area contributed by atoms with E-state index in [0.29, 0.717) is 18.7 Å². The summed E-state index contributed by atoms with van der Waals surface area (Å²) in [6.07, 6.45) is 0.730. The van der Waals surface area contributed by atoms with Crippen molar-refractivity contribution in [3.63, 3.8) is 0 Å². The molecule has 0 fully saturated rings. The van der Waals surface area contributed by atoms with E-state index in [1.54, 1.807) is 11.9 Å². The molecule has 0 unspecified atom stereocenters. The van der Waals surface area contributed by atoms with Gasteiger partial charge < -0.3 is 9.64 Å². The molecule has 0 saturated carbocycles. The summed E-state index contributed by atoms with van der Waals surface area (Å²) in [4.78, 5) is 22.8. The molecule has 6 nitrogen and oxygen atoms in total. The standard InChI is InChI=1S/C12H15FN2O4/c1-14(7-3-4-12(16)19-2)10-6-5-9(13)8-11(10)15(17)18/h5-6,8H,3-4,7H2,1-2H3. The number of methoxy groups -OCH3 is 1. The molecule has 0 aliphatic heterocycles. The molecule has 0 heterocycles. The summed E-state index contributed by atoms with van der Waals surface area (Å²) < 4.78 is 17.5. The van der Waals surface area contributed by atoms with E-state index in [4.69, 9.17) is 0 Å². The van der Waals surface area contributed by atoms with Gasteiger partial charge >= 0.3 is 5.97 Å². The Morgan fingerprint density at radius 1 is 1.53 bits per heavy atom. The van der Waals surface area contributed by atoms with Crippen molar-refractivity contribution in [3.05, 3.63) is 34.1 Å². The maximum absolute atomic E-state index is 13.0. The van der Waals surface area contributed by atoms with Crippen molar-refractivity contribution in [1.29, 1.82) is 0 Å². The Morgan fingerprint density at radius 2 is 2.21 bits per heavy atom. The second-order valence-electron chi connectivity index (χ2n) is 3.99. The van der Waals surface area contributed by atoms with Gasteiger partial charge in [0.05, 0.1) is 18.1 Å². The van der Waals surface area contributed by atoms with Gasteiger partial charge in [0.15, 0.2) is 0 Å². The highest BCUT2D eigenvalue weighted by Gasteiger charge is 2.18. The lowest BCUT2D eigenvalue weighted by Gasteiger charge is -2.18. The zero-order valence-electron chi connectivity index (χ0n) is 10.8. The fourth-order valence-electron chi connectivity index (χ4n) is 1.65. The fourth-order valence-corrected chi connectivity index (χ4v) is 1.65. The van der Waals surface area contributed by atoms with E-state index in [1.165, 1.54) is 19.2 Å². The summed E-state index contributed by atoms with van der Waals surface area (Å²) in [7, 11) is 2.95. The van der Waals surface area contributed by atoms with Crippen LogP contribution in [0.2, 0.25) is 0 Å². The molecule has 19 heavy (non-hydrogen) atoms. The third kappa shape index (κ3) is 4.20. The Labute approximate surface area is 109 Å². The van der Waals surface area contributed by atoms with E-state index in [1.807, 2.05) is 0 Å². The van der Waals surface area contributed by atoms with Crippen LogP contribution in [0.15, 0.2) is 18.2 Å². The van der Waals surface area contributed by atoms with Crippen LogP contribution in [-0.2, 0) is 9.53 Å². The van der Waals surface area contributed by atoms with Crippen LogP contribution < -0.4 is 4.90 Å². The lowest BCUT2D eigenvalue weighted by molar-refractivity contribution is -0.384. The van der Waals surface area contributed by atoms with Gasteiger partial charge in [-0.2, -0.15) is 0 Å². The number of hydrogen-bond acceptors (Lipinski definition) is 5. The molecule has 0 N–H and O–H groups in total. The number of carbonyl (C=O) groups excluding carboxylic acids is 1. The van der Waals surface area contributed by atoms with Crippen LogP contribution in [0, 0.1) is 15.9 Å². The van der Waals surface area contributed by atoms with Gasteiger partial charge in [0.1, 0.15) is 11.5 Å². The minimum Gasteiger partial charge on any atom is -0.469 e. The smallest absolute Gasteiger partial charge is 0.305 e. The lowest BCUT2D eigenvalue weighted by Crippen LogP contribution is -2.20. The molecule has 0 spiro atoms. The molecular weight excluding hydrogens is 255 g/mol. The number of nitrogens with zero attached hydrogens (tertiary/aromatic N) is 2. The van der Waals surface area contributed by atoms with E-state index in [2.05, 4.69) is 4.74 Å². The number of halogens is 1.